The van der Waals surface area contributed by atoms with Crippen LogP contribution in [0.2, 0.25) is 0 Å². The van der Waals surface area contributed by atoms with E-state index in [2.05, 4.69) is 17.1 Å². The molecular formula is C20H31N3O3. The molecule has 2 saturated heterocycles. The Hall–Kier alpha value is -1.66. The van der Waals surface area contributed by atoms with Crippen molar-refractivity contribution in [3.8, 4) is 0 Å². The minimum Gasteiger partial charge on any atom is -0.376 e. The number of hydrogen-bond acceptors (Lipinski definition) is 4. The Bertz CT molecular complexity index is 707. The van der Waals surface area contributed by atoms with E-state index in [1.54, 1.807) is 4.57 Å². The summed E-state index contributed by atoms with van der Waals surface area (Å²) in [5, 5.41) is 3.00. The average molecular weight is 361 g/mol. The van der Waals surface area contributed by atoms with Crippen molar-refractivity contribution in [1.82, 2.24) is 14.8 Å². The molecule has 1 aromatic rings. The van der Waals surface area contributed by atoms with E-state index >= 15 is 0 Å². The normalized spacial score (nSPS) is 23.5. The Morgan fingerprint density at radius 2 is 2.12 bits per heavy atom. The van der Waals surface area contributed by atoms with Gasteiger partial charge in [-0.25, -0.2) is 0 Å². The molecule has 6 nitrogen and oxygen atoms in total. The summed E-state index contributed by atoms with van der Waals surface area (Å²) >= 11 is 0. The van der Waals surface area contributed by atoms with Crippen molar-refractivity contribution < 1.29 is 9.53 Å². The Morgan fingerprint density at radius 3 is 2.81 bits per heavy atom. The summed E-state index contributed by atoms with van der Waals surface area (Å²) in [6, 6.07) is 2.31. The summed E-state index contributed by atoms with van der Waals surface area (Å²) in [5.74, 6) is -0.253. The summed E-state index contributed by atoms with van der Waals surface area (Å²) in [5.41, 5.74) is 1.70. The lowest BCUT2D eigenvalue weighted by Crippen LogP contribution is -2.42. The summed E-state index contributed by atoms with van der Waals surface area (Å²) in [4.78, 5) is 28.1. The second-order valence-electron chi connectivity index (χ2n) is 7.53. The highest BCUT2D eigenvalue weighted by molar-refractivity contribution is 5.95. The topological polar surface area (TPSA) is 63.6 Å². The van der Waals surface area contributed by atoms with Crippen LogP contribution in [0.3, 0.4) is 0 Å². The van der Waals surface area contributed by atoms with E-state index in [-0.39, 0.29) is 23.1 Å². The number of carbonyl (C=O) groups is 1. The highest BCUT2D eigenvalue weighted by Gasteiger charge is 2.25. The van der Waals surface area contributed by atoms with Gasteiger partial charge in [0.05, 0.1) is 12.6 Å². The second-order valence-corrected chi connectivity index (χ2v) is 7.53. The molecule has 2 aliphatic rings. The number of nitrogens with zero attached hydrogens (tertiary/aromatic N) is 2. The lowest BCUT2D eigenvalue weighted by molar-refractivity contribution is 0.0920. The summed E-state index contributed by atoms with van der Waals surface area (Å²) in [7, 11) is 0. The molecular weight excluding hydrogens is 330 g/mol. The first-order chi connectivity index (χ1) is 12.5. The number of ether oxygens (including phenoxy) is 1. The van der Waals surface area contributed by atoms with Gasteiger partial charge in [0.15, 0.2) is 0 Å². The monoisotopic (exact) mass is 361 g/mol. The van der Waals surface area contributed by atoms with Crippen LogP contribution in [-0.4, -0.2) is 53.8 Å². The number of nitrogens with one attached hydrogen (secondary N) is 1. The van der Waals surface area contributed by atoms with E-state index in [0.717, 1.165) is 50.2 Å². The fraction of sp³-hybridized carbons (Fsp3) is 0.700. The number of pyridine rings is 1. The molecule has 6 heteroatoms. The van der Waals surface area contributed by atoms with Gasteiger partial charge in [0.2, 0.25) is 0 Å². The van der Waals surface area contributed by atoms with Gasteiger partial charge in [0.25, 0.3) is 11.5 Å². The number of amides is 1. The fourth-order valence-corrected chi connectivity index (χ4v) is 4.26. The molecule has 2 aliphatic heterocycles. The van der Waals surface area contributed by atoms with Gasteiger partial charge < -0.3 is 14.6 Å². The molecule has 0 spiro atoms. The maximum Gasteiger partial charge on any atom is 0.263 e. The molecule has 26 heavy (non-hydrogen) atoms. The van der Waals surface area contributed by atoms with Crippen molar-refractivity contribution in [3.63, 3.8) is 0 Å². The molecule has 1 N–H and O–H groups in total. The van der Waals surface area contributed by atoms with Crippen molar-refractivity contribution in [2.24, 2.45) is 0 Å². The number of likely N-dealkylation sites (tertiary alicyclic amines) is 1. The lowest BCUT2D eigenvalue weighted by atomic mass is 10.1. The number of aryl methyl sites for hydroxylation is 2. The van der Waals surface area contributed by atoms with Crippen molar-refractivity contribution >= 4 is 5.91 Å². The van der Waals surface area contributed by atoms with Crippen LogP contribution in [0, 0.1) is 13.8 Å². The van der Waals surface area contributed by atoms with E-state index in [0.29, 0.717) is 19.1 Å². The Morgan fingerprint density at radius 1 is 1.31 bits per heavy atom. The van der Waals surface area contributed by atoms with E-state index < -0.39 is 0 Å². The van der Waals surface area contributed by atoms with Crippen molar-refractivity contribution in [3.05, 3.63) is 33.2 Å². The molecule has 2 atom stereocenters. The van der Waals surface area contributed by atoms with Crippen LogP contribution in [0.4, 0.5) is 0 Å². The first-order valence-electron chi connectivity index (χ1n) is 9.86. The van der Waals surface area contributed by atoms with Crippen LogP contribution in [0.5, 0.6) is 0 Å². The van der Waals surface area contributed by atoms with Gasteiger partial charge in [-0.3, -0.25) is 14.5 Å². The largest absolute Gasteiger partial charge is 0.376 e. The predicted molar refractivity (Wildman–Crippen MR) is 102 cm³/mol. The summed E-state index contributed by atoms with van der Waals surface area (Å²) in [6.45, 7) is 9.88. The van der Waals surface area contributed by atoms with Crippen LogP contribution >= 0.6 is 0 Å². The molecule has 1 amide bonds. The van der Waals surface area contributed by atoms with E-state index in [4.69, 9.17) is 4.74 Å². The molecule has 1 aromatic heterocycles. The molecule has 0 saturated carbocycles. The zero-order valence-electron chi connectivity index (χ0n) is 16.2. The lowest BCUT2D eigenvalue weighted by Gasteiger charge is -2.23. The summed E-state index contributed by atoms with van der Waals surface area (Å²) in [6.07, 6.45) is 4.35. The number of rotatable bonds is 6. The number of aromatic nitrogens is 1. The first-order valence-corrected chi connectivity index (χ1v) is 9.86. The van der Waals surface area contributed by atoms with Crippen LogP contribution < -0.4 is 10.9 Å². The first kappa shape index (κ1) is 19.1. The van der Waals surface area contributed by atoms with Gasteiger partial charge in [-0.1, -0.05) is 6.92 Å². The smallest absolute Gasteiger partial charge is 0.263 e. The zero-order chi connectivity index (χ0) is 18.7. The van der Waals surface area contributed by atoms with Gasteiger partial charge >= 0.3 is 0 Å². The van der Waals surface area contributed by atoms with Gasteiger partial charge in [-0.2, -0.15) is 0 Å². The third kappa shape index (κ3) is 4.01. The molecule has 0 unspecified atom stereocenters. The molecule has 3 rings (SSSR count). The van der Waals surface area contributed by atoms with Crippen molar-refractivity contribution in [2.75, 3.05) is 26.2 Å². The number of likely N-dealkylation sites (N-methyl/N-ethyl adjacent to an activating group) is 1. The maximum atomic E-state index is 13.0. The molecule has 144 valence electrons. The third-order valence-corrected chi connectivity index (χ3v) is 5.75. The zero-order valence-corrected chi connectivity index (χ0v) is 16.2. The maximum absolute atomic E-state index is 13.0. The van der Waals surface area contributed by atoms with Crippen molar-refractivity contribution in [2.45, 2.75) is 65.1 Å². The minimum atomic E-state index is -0.253. The van der Waals surface area contributed by atoms with Crippen LogP contribution in [-0.2, 0) is 11.3 Å². The van der Waals surface area contributed by atoms with E-state index in [1.165, 1.54) is 6.42 Å². The molecule has 0 aliphatic carbocycles. The van der Waals surface area contributed by atoms with E-state index in [1.807, 2.05) is 19.9 Å². The third-order valence-electron chi connectivity index (χ3n) is 5.75. The number of hydrogen-bond donors (Lipinski definition) is 1. The Kier molecular flexibility index (Phi) is 6.14. The van der Waals surface area contributed by atoms with Crippen LogP contribution in [0.25, 0.3) is 0 Å². The Labute approximate surface area is 155 Å². The van der Waals surface area contributed by atoms with Gasteiger partial charge in [0, 0.05) is 24.9 Å². The quantitative estimate of drug-likeness (QED) is 0.840. The molecule has 2 fully saturated rings. The van der Waals surface area contributed by atoms with Crippen molar-refractivity contribution in [1.29, 1.82) is 0 Å². The summed E-state index contributed by atoms with van der Waals surface area (Å²) < 4.78 is 7.37. The van der Waals surface area contributed by atoms with Gasteiger partial charge in [-0.05, 0) is 64.3 Å². The van der Waals surface area contributed by atoms with Crippen LogP contribution in [0.15, 0.2) is 10.9 Å². The highest BCUT2D eigenvalue weighted by atomic mass is 16.5. The molecule has 0 aromatic carbocycles. The predicted octanol–water partition coefficient (Wildman–Crippen LogP) is 1.86. The van der Waals surface area contributed by atoms with Crippen LogP contribution in [0.1, 0.15) is 54.2 Å². The van der Waals surface area contributed by atoms with E-state index in [9.17, 15) is 9.59 Å². The second kappa shape index (κ2) is 8.35. The van der Waals surface area contributed by atoms with Gasteiger partial charge in [-0.15, -0.1) is 0 Å². The SMILES string of the molecule is CCN1CCC[C@H]1CNC(=O)c1c(C)cc(C)n(C[C@H]2CCCO2)c1=O. The minimum absolute atomic E-state index is 0.0709. The van der Waals surface area contributed by atoms with Gasteiger partial charge in [0.1, 0.15) is 5.56 Å². The Balaban J connectivity index is 1.75. The molecule has 0 bridgehead atoms. The molecule has 0 radical (unpaired) electrons. The number of carbonyl (C=O) groups excluding carboxylic acids is 1. The standard InChI is InChI=1S/C20H31N3O3/c1-4-22-9-5-7-16(22)12-21-19(24)18-14(2)11-15(3)23(20(18)25)13-17-8-6-10-26-17/h11,16-17H,4-10,12-13H2,1-3H3,(H,21,24)/t16-,17+/m0/s1. The molecule has 3 heterocycles. The highest BCUT2D eigenvalue weighted by Crippen LogP contribution is 2.17. The fourth-order valence-electron chi connectivity index (χ4n) is 4.26. The average Bonchev–Trinajstić information content (AvgIpc) is 3.27.